The highest BCUT2D eigenvalue weighted by atomic mass is 15.3. The molecule has 3 heterocycles. The fraction of sp³-hybridized carbons (Fsp3) is 0.0976. The summed E-state index contributed by atoms with van der Waals surface area (Å²) in [5.41, 5.74) is 11.6. The Labute approximate surface area is 263 Å². The van der Waals surface area contributed by atoms with Crippen LogP contribution in [0.5, 0.6) is 0 Å². The number of hydrogen-bond acceptors (Lipinski definition) is 3. The molecule has 3 unspecified atom stereocenters. The molecule has 5 aromatic rings. The number of allylic oxidation sites excluding steroid dienone is 4. The van der Waals surface area contributed by atoms with Gasteiger partial charge in [0.05, 0.1) is 40.2 Å². The van der Waals surface area contributed by atoms with E-state index in [1.54, 1.807) is 0 Å². The van der Waals surface area contributed by atoms with E-state index in [1.165, 1.54) is 38.5 Å². The quantitative estimate of drug-likeness (QED) is 0.231. The van der Waals surface area contributed by atoms with Gasteiger partial charge in [-0.3, -0.25) is 4.90 Å². The summed E-state index contributed by atoms with van der Waals surface area (Å²) < 4.78 is 2.50. The van der Waals surface area contributed by atoms with Gasteiger partial charge in [-0.1, -0.05) is 115 Å². The molecule has 0 fully saturated rings. The minimum atomic E-state index is -0.0204. The van der Waals surface area contributed by atoms with Gasteiger partial charge in [0.25, 0.3) is 0 Å². The van der Waals surface area contributed by atoms with Crippen LogP contribution in [0.3, 0.4) is 0 Å². The van der Waals surface area contributed by atoms with Crippen LogP contribution >= 0.6 is 0 Å². The number of rotatable bonds is 4. The Balaban J connectivity index is 1.12. The maximum Gasteiger partial charge on any atom is 0.107 e. The molecule has 0 amide bonds. The second-order valence-corrected chi connectivity index (χ2v) is 12.1. The molecule has 1 N–H and O–H groups in total. The third kappa shape index (κ3) is 4.21. The number of nitrogens with zero attached hydrogens (tertiary/aromatic N) is 3. The summed E-state index contributed by atoms with van der Waals surface area (Å²) in [7, 11) is 2.23. The van der Waals surface area contributed by atoms with Crippen LogP contribution in [0.2, 0.25) is 0 Å². The van der Waals surface area contributed by atoms with Gasteiger partial charge in [0.2, 0.25) is 0 Å². The Morgan fingerprint density at radius 2 is 1.42 bits per heavy atom. The fourth-order valence-electron chi connectivity index (χ4n) is 7.30. The molecule has 45 heavy (non-hydrogen) atoms. The van der Waals surface area contributed by atoms with Crippen molar-refractivity contribution in [3.8, 4) is 0 Å². The van der Waals surface area contributed by atoms with Gasteiger partial charge in [-0.05, 0) is 65.7 Å². The van der Waals surface area contributed by atoms with Crippen LogP contribution in [0.4, 0.5) is 0 Å². The molecule has 0 spiro atoms. The molecule has 0 bridgehead atoms. The number of benzene rings is 4. The molecule has 4 aliphatic rings. The zero-order chi connectivity index (χ0) is 29.9. The molecule has 2 aliphatic carbocycles. The van der Waals surface area contributed by atoms with Crippen molar-refractivity contribution < 1.29 is 0 Å². The highest BCUT2D eigenvalue weighted by molar-refractivity contribution is 6.14. The van der Waals surface area contributed by atoms with Crippen molar-refractivity contribution in [2.45, 2.75) is 18.2 Å². The second-order valence-electron chi connectivity index (χ2n) is 12.1. The maximum absolute atomic E-state index is 5.22. The minimum absolute atomic E-state index is 0.0204. The van der Waals surface area contributed by atoms with Crippen LogP contribution in [0, 0.1) is 0 Å². The zero-order valence-electron chi connectivity index (χ0n) is 25.0. The number of aliphatic imine (C=N–C) groups is 1. The van der Waals surface area contributed by atoms with Gasteiger partial charge in [0, 0.05) is 16.3 Å². The summed E-state index contributed by atoms with van der Waals surface area (Å²) in [5, 5.41) is 6.41. The van der Waals surface area contributed by atoms with Crippen LogP contribution in [-0.2, 0) is 0 Å². The van der Waals surface area contributed by atoms with Gasteiger partial charge in [-0.25, -0.2) is 4.99 Å². The summed E-state index contributed by atoms with van der Waals surface area (Å²) in [4.78, 5) is 7.67. The highest BCUT2D eigenvalue weighted by Crippen LogP contribution is 2.40. The largest absolute Gasteiger partial charge is 0.371 e. The molecule has 0 saturated carbocycles. The van der Waals surface area contributed by atoms with Gasteiger partial charge in [0.1, 0.15) is 6.17 Å². The van der Waals surface area contributed by atoms with Crippen molar-refractivity contribution >= 4 is 44.5 Å². The average molecular weight is 581 g/mol. The maximum atomic E-state index is 5.22. The molecule has 3 atom stereocenters. The molecular weight excluding hydrogens is 548 g/mol. The SMILES string of the molecule is CN1C2C=CC=CC2=CC1n1c2ccccc2c2cc(C3=CC4NC(c5ccccc5)=C(c5ccccc5)N=C4C=C3)ccc21. The second kappa shape index (κ2) is 10.3. The predicted molar refractivity (Wildman–Crippen MR) is 188 cm³/mol. The van der Waals surface area contributed by atoms with E-state index in [1.807, 2.05) is 6.07 Å². The Morgan fingerprint density at radius 1 is 0.667 bits per heavy atom. The van der Waals surface area contributed by atoms with Crippen LogP contribution < -0.4 is 5.32 Å². The van der Waals surface area contributed by atoms with Crippen molar-refractivity contribution in [1.29, 1.82) is 0 Å². The van der Waals surface area contributed by atoms with Crippen molar-refractivity contribution in [2.24, 2.45) is 4.99 Å². The Kier molecular flexibility index (Phi) is 5.97. The van der Waals surface area contributed by atoms with E-state index in [2.05, 4.69) is 168 Å². The number of aromatic nitrogens is 1. The van der Waals surface area contributed by atoms with Crippen molar-refractivity contribution in [3.05, 3.63) is 174 Å². The number of nitrogens with one attached hydrogen (secondary N) is 1. The highest BCUT2D eigenvalue weighted by Gasteiger charge is 2.33. The molecule has 9 rings (SSSR count). The Bertz CT molecular complexity index is 2210. The summed E-state index contributed by atoms with van der Waals surface area (Å²) in [6.45, 7) is 0. The Hall–Kier alpha value is -5.45. The van der Waals surface area contributed by atoms with Gasteiger partial charge < -0.3 is 9.88 Å². The van der Waals surface area contributed by atoms with Crippen LogP contribution in [0.15, 0.2) is 162 Å². The normalized spacial score (nSPS) is 22.2. The lowest BCUT2D eigenvalue weighted by Crippen LogP contribution is -2.37. The molecule has 4 nitrogen and oxygen atoms in total. The molecule has 0 saturated heterocycles. The first-order valence-corrected chi connectivity index (χ1v) is 15.6. The van der Waals surface area contributed by atoms with E-state index in [4.69, 9.17) is 4.99 Å². The Morgan fingerprint density at radius 3 is 2.24 bits per heavy atom. The summed E-state index contributed by atoms with van der Waals surface area (Å²) in [6, 6.07) is 37.0. The minimum Gasteiger partial charge on any atom is -0.371 e. The van der Waals surface area contributed by atoms with Gasteiger partial charge in [-0.15, -0.1) is 0 Å². The van der Waals surface area contributed by atoms with Gasteiger partial charge >= 0.3 is 0 Å². The third-order valence-electron chi connectivity index (χ3n) is 9.53. The lowest BCUT2D eigenvalue weighted by Gasteiger charge is -2.29. The van der Waals surface area contributed by atoms with Crippen LogP contribution in [-0.4, -0.2) is 34.3 Å². The zero-order valence-corrected chi connectivity index (χ0v) is 25.0. The first-order valence-electron chi connectivity index (χ1n) is 15.6. The molecule has 4 heteroatoms. The lowest BCUT2D eigenvalue weighted by molar-refractivity contribution is 0.237. The van der Waals surface area contributed by atoms with E-state index in [0.29, 0.717) is 6.04 Å². The summed E-state index contributed by atoms with van der Waals surface area (Å²) in [6.07, 6.45) is 18.1. The molecule has 0 radical (unpaired) electrons. The van der Waals surface area contributed by atoms with E-state index < -0.39 is 0 Å². The number of likely N-dealkylation sites (N-methyl/N-ethyl adjacent to an activating group) is 1. The molecule has 1 aromatic heterocycles. The van der Waals surface area contributed by atoms with Crippen LogP contribution in [0.25, 0.3) is 38.8 Å². The van der Waals surface area contributed by atoms with Crippen molar-refractivity contribution in [3.63, 3.8) is 0 Å². The van der Waals surface area contributed by atoms with Crippen molar-refractivity contribution in [1.82, 2.24) is 14.8 Å². The first kappa shape index (κ1) is 26.0. The molecule has 216 valence electrons. The predicted octanol–water partition coefficient (Wildman–Crippen LogP) is 8.55. The standard InChI is InChI=1S/C41H32N4/c1-44-36-18-10-8-16-31(36)26-39(44)45-37-19-11-9-17-32(37)33-24-29(21-23-38(33)45)30-20-22-34-35(25-30)43-41(28-14-6-3-7-15-28)40(42-34)27-12-4-2-5-13-27/h2-26,35-36,39,43H,1H3. The average Bonchev–Trinajstić information content (AvgIpc) is 3.61. The third-order valence-corrected chi connectivity index (χ3v) is 9.53. The van der Waals surface area contributed by atoms with E-state index in [0.717, 1.165) is 28.2 Å². The number of hydrogen-bond donors (Lipinski definition) is 1. The van der Waals surface area contributed by atoms with Crippen molar-refractivity contribution in [2.75, 3.05) is 7.05 Å². The smallest absolute Gasteiger partial charge is 0.107 e. The van der Waals surface area contributed by atoms with Gasteiger partial charge in [-0.2, -0.15) is 0 Å². The topological polar surface area (TPSA) is 32.6 Å². The molecule has 4 aromatic carbocycles. The first-order chi connectivity index (χ1) is 22.2. The molecule has 2 aliphatic heterocycles. The number of para-hydroxylation sites is 1. The lowest BCUT2D eigenvalue weighted by atomic mass is 9.92. The van der Waals surface area contributed by atoms with E-state index in [-0.39, 0.29) is 12.2 Å². The summed E-state index contributed by atoms with van der Waals surface area (Å²) in [5.74, 6) is 0. The summed E-state index contributed by atoms with van der Waals surface area (Å²) >= 11 is 0. The molecular formula is C41H32N4. The van der Waals surface area contributed by atoms with E-state index >= 15 is 0 Å². The van der Waals surface area contributed by atoms with E-state index in [9.17, 15) is 0 Å². The monoisotopic (exact) mass is 580 g/mol. The fourth-order valence-corrected chi connectivity index (χ4v) is 7.30. The van der Waals surface area contributed by atoms with Crippen LogP contribution in [0.1, 0.15) is 22.9 Å². The number of fused-ring (bicyclic) bond motifs is 5. The van der Waals surface area contributed by atoms with Gasteiger partial charge in [0.15, 0.2) is 0 Å².